The predicted octanol–water partition coefficient (Wildman–Crippen LogP) is 5.69. The summed E-state index contributed by atoms with van der Waals surface area (Å²) >= 11 is 0. The molecule has 0 radical (unpaired) electrons. The van der Waals surface area contributed by atoms with Crippen molar-refractivity contribution in [3.8, 4) is 0 Å². The summed E-state index contributed by atoms with van der Waals surface area (Å²) in [5.41, 5.74) is 3.29. The number of carbonyl (C=O) groups excluding carboxylic acids is 1. The van der Waals surface area contributed by atoms with Crippen LogP contribution in [-0.4, -0.2) is 10.8 Å². The van der Waals surface area contributed by atoms with Crippen LogP contribution >= 0.6 is 0 Å². The number of ketones is 1. The van der Waals surface area contributed by atoms with Gasteiger partial charge in [0.25, 0.3) is 0 Å². The largest absolute Gasteiger partial charge is 0.353 e. The molecule has 0 spiro atoms. The number of aromatic nitrogens is 1. The number of hydrogen-bond acceptors (Lipinski definition) is 3. The van der Waals surface area contributed by atoms with E-state index in [1.807, 2.05) is 66.7 Å². The number of Topliss-reactive ketones (excluding diaryl/α,β-unsaturated/α-hetero) is 1. The van der Waals surface area contributed by atoms with Crippen LogP contribution in [0.4, 0.5) is 5.82 Å². The van der Waals surface area contributed by atoms with Crippen LogP contribution in [0.15, 0.2) is 109 Å². The molecule has 0 aliphatic carbocycles. The fraction of sp³-hybridized carbons (Fsp3) is 0.0769. The Kier molecular flexibility index (Phi) is 5.21. The van der Waals surface area contributed by atoms with Gasteiger partial charge in [0, 0.05) is 11.8 Å². The van der Waals surface area contributed by atoms with Crippen molar-refractivity contribution < 1.29 is 4.79 Å². The summed E-state index contributed by atoms with van der Waals surface area (Å²) < 4.78 is 0. The summed E-state index contributed by atoms with van der Waals surface area (Å²) in [5.74, 6) is 0.705. The average Bonchev–Trinajstić information content (AvgIpc) is 2.79. The van der Waals surface area contributed by atoms with Crippen molar-refractivity contribution in [2.45, 2.75) is 12.5 Å². The monoisotopic (exact) mass is 378 g/mol. The standard InChI is InChI=1S/C26H22N2O/c1-20(29)21-17-18-25(27-19-21)28-26(22-11-5-2-6-12-22,23-13-7-3-8-14-23)24-15-9-4-10-16-24/h2-19H,1H3,(H,27,28). The van der Waals surface area contributed by atoms with E-state index >= 15 is 0 Å². The Bertz CT molecular complexity index is 979. The fourth-order valence-electron chi connectivity index (χ4n) is 3.65. The van der Waals surface area contributed by atoms with E-state index in [0.717, 1.165) is 16.7 Å². The van der Waals surface area contributed by atoms with Crippen molar-refractivity contribution in [1.29, 1.82) is 0 Å². The minimum Gasteiger partial charge on any atom is -0.353 e. The molecular formula is C26H22N2O. The van der Waals surface area contributed by atoms with Gasteiger partial charge in [0.1, 0.15) is 11.4 Å². The van der Waals surface area contributed by atoms with E-state index in [4.69, 9.17) is 0 Å². The van der Waals surface area contributed by atoms with Gasteiger partial charge in [-0.1, -0.05) is 91.0 Å². The molecule has 0 saturated carbocycles. The van der Waals surface area contributed by atoms with Crippen LogP contribution in [0, 0.1) is 0 Å². The maximum Gasteiger partial charge on any atom is 0.161 e. The Balaban J connectivity index is 1.93. The zero-order chi connectivity index (χ0) is 20.1. The Morgan fingerprint density at radius 2 is 1.14 bits per heavy atom. The molecule has 0 amide bonds. The quantitative estimate of drug-likeness (QED) is 0.346. The lowest BCUT2D eigenvalue weighted by atomic mass is 9.77. The Hall–Kier alpha value is -3.72. The molecule has 3 heteroatoms. The molecule has 0 unspecified atom stereocenters. The number of carbonyl (C=O) groups is 1. The van der Waals surface area contributed by atoms with E-state index < -0.39 is 5.54 Å². The number of nitrogens with zero attached hydrogens (tertiary/aromatic N) is 1. The molecule has 1 N–H and O–H groups in total. The second-order valence-electron chi connectivity index (χ2n) is 6.96. The third-order valence-corrected chi connectivity index (χ3v) is 5.11. The van der Waals surface area contributed by atoms with E-state index in [2.05, 4.69) is 46.7 Å². The molecular weight excluding hydrogens is 356 g/mol. The van der Waals surface area contributed by atoms with Gasteiger partial charge >= 0.3 is 0 Å². The van der Waals surface area contributed by atoms with Crippen LogP contribution in [0.2, 0.25) is 0 Å². The van der Waals surface area contributed by atoms with Crippen LogP contribution in [0.5, 0.6) is 0 Å². The van der Waals surface area contributed by atoms with Gasteiger partial charge in [-0.25, -0.2) is 4.98 Å². The molecule has 0 aliphatic heterocycles. The summed E-state index contributed by atoms with van der Waals surface area (Å²) in [6.45, 7) is 1.55. The normalized spacial score (nSPS) is 11.1. The molecule has 142 valence electrons. The minimum atomic E-state index is -0.630. The third-order valence-electron chi connectivity index (χ3n) is 5.11. The van der Waals surface area contributed by atoms with E-state index in [0.29, 0.717) is 11.4 Å². The summed E-state index contributed by atoms with van der Waals surface area (Å²) in [6.07, 6.45) is 1.62. The Labute approximate surface area is 171 Å². The maximum absolute atomic E-state index is 11.6. The number of hydrogen-bond donors (Lipinski definition) is 1. The number of pyridine rings is 1. The van der Waals surface area contributed by atoms with Crippen LogP contribution in [-0.2, 0) is 5.54 Å². The second kappa shape index (κ2) is 8.11. The molecule has 0 aliphatic rings. The highest BCUT2D eigenvalue weighted by molar-refractivity contribution is 5.93. The highest BCUT2D eigenvalue weighted by Crippen LogP contribution is 2.39. The van der Waals surface area contributed by atoms with E-state index in [9.17, 15) is 4.79 Å². The summed E-state index contributed by atoms with van der Waals surface area (Å²) in [7, 11) is 0. The molecule has 1 heterocycles. The lowest BCUT2D eigenvalue weighted by Crippen LogP contribution is -2.38. The SMILES string of the molecule is CC(=O)c1ccc(NC(c2ccccc2)(c2ccccc2)c2ccccc2)nc1. The summed E-state index contributed by atoms with van der Waals surface area (Å²) in [4.78, 5) is 16.2. The molecule has 29 heavy (non-hydrogen) atoms. The lowest BCUT2D eigenvalue weighted by Gasteiger charge is -2.37. The molecule has 3 nitrogen and oxygen atoms in total. The number of rotatable bonds is 6. The topological polar surface area (TPSA) is 42.0 Å². The fourth-order valence-corrected chi connectivity index (χ4v) is 3.65. The van der Waals surface area contributed by atoms with Crippen LogP contribution in [0.1, 0.15) is 34.0 Å². The smallest absolute Gasteiger partial charge is 0.161 e. The van der Waals surface area contributed by atoms with Crippen LogP contribution in [0.3, 0.4) is 0 Å². The Morgan fingerprint density at radius 1 is 0.690 bits per heavy atom. The van der Waals surface area contributed by atoms with E-state index in [1.54, 1.807) is 13.1 Å². The van der Waals surface area contributed by atoms with Gasteiger partial charge in [-0.05, 0) is 35.7 Å². The first-order chi connectivity index (χ1) is 14.2. The van der Waals surface area contributed by atoms with E-state index in [1.165, 1.54) is 0 Å². The molecule has 4 aromatic rings. The first kappa shape index (κ1) is 18.6. The van der Waals surface area contributed by atoms with E-state index in [-0.39, 0.29) is 5.78 Å². The molecule has 0 saturated heterocycles. The molecule has 0 bridgehead atoms. The number of nitrogens with one attached hydrogen (secondary N) is 1. The lowest BCUT2D eigenvalue weighted by molar-refractivity contribution is 0.101. The number of benzene rings is 3. The van der Waals surface area contributed by atoms with Gasteiger partial charge in [-0.2, -0.15) is 0 Å². The van der Waals surface area contributed by atoms with Crippen molar-refractivity contribution in [2.75, 3.05) is 5.32 Å². The molecule has 4 rings (SSSR count). The minimum absolute atomic E-state index is 0.00416. The highest BCUT2D eigenvalue weighted by Gasteiger charge is 2.36. The van der Waals surface area contributed by atoms with Crippen molar-refractivity contribution in [2.24, 2.45) is 0 Å². The molecule has 0 atom stereocenters. The van der Waals surface area contributed by atoms with Crippen LogP contribution in [0.25, 0.3) is 0 Å². The van der Waals surface area contributed by atoms with Crippen molar-refractivity contribution in [3.63, 3.8) is 0 Å². The molecule has 0 fully saturated rings. The van der Waals surface area contributed by atoms with Crippen molar-refractivity contribution in [1.82, 2.24) is 4.98 Å². The maximum atomic E-state index is 11.6. The Morgan fingerprint density at radius 3 is 1.48 bits per heavy atom. The van der Waals surface area contributed by atoms with Crippen molar-refractivity contribution in [3.05, 3.63) is 132 Å². The highest BCUT2D eigenvalue weighted by atomic mass is 16.1. The van der Waals surface area contributed by atoms with Gasteiger partial charge in [-0.15, -0.1) is 0 Å². The van der Waals surface area contributed by atoms with Crippen molar-refractivity contribution >= 4 is 11.6 Å². The third kappa shape index (κ3) is 3.67. The first-order valence-electron chi connectivity index (χ1n) is 9.62. The predicted molar refractivity (Wildman–Crippen MR) is 117 cm³/mol. The summed E-state index contributed by atoms with van der Waals surface area (Å²) in [5, 5.41) is 3.69. The zero-order valence-corrected chi connectivity index (χ0v) is 16.2. The van der Waals surface area contributed by atoms with Gasteiger partial charge in [0.2, 0.25) is 0 Å². The molecule has 1 aromatic heterocycles. The van der Waals surface area contributed by atoms with Gasteiger partial charge in [0.15, 0.2) is 5.78 Å². The van der Waals surface area contributed by atoms with Gasteiger partial charge in [-0.3, -0.25) is 4.79 Å². The average molecular weight is 378 g/mol. The second-order valence-corrected chi connectivity index (χ2v) is 6.96. The van der Waals surface area contributed by atoms with Gasteiger partial charge in [0.05, 0.1) is 0 Å². The molecule has 3 aromatic carbocycles. The van der Waals surface area contributed by atoms with Gasteiger partial charge < -0.3 is 5.32 Å². The number of anilines is 1. The first-order valence-corrected chi connectivity index (χ1v) is 9.62. The van der Waals surface area contributed by atoms with Crippen LogP contribution < -0.4 is 5.32 Å². The zero-order valence-electron chi connectivity index (χ0n) is 16.2. The summed E-state index contributed by atoms with van der Waals surface area (Å²) in [6, 6.07) is 34.7.